The largest absolute Gasteiger partial charge is 2.00 e. The van der Waals surface area contributed by atoms with Crippen LogP contribution >= 0.6 is 0 Å². The molecule has 8 heteroatoms. The fourth-order valence-corrected chi connectivity index (χ4v) is 7.35. The fourth-order valence-electron chi connectivity index (χ4n) is 7.35. The van der Waals surface area contributed by atoms with Gasteiger partial charge in [0.1, 0.15) is 11.5 Å². The molecule has 0 radical (unpaired) electrons. The fraction of sp³-hybridized carbons (Fsp3) is 0.196. The van der Waals surface area contributed by atoms with Crippen molar-refractivity contribution in [2.24, 2.45) is 0 Å². The van der Waals surface area contributed by atoms with Crippen LogP contribution in [0.5, 0.6) is 0 Å². The van der Waals surface area contributed by atoms with Crippen molar-refractivity contribution in [2.45, 2.75) is 65.1 Å². The topological polar surface area (TPSA) is 36.7 Å². The minimum Gasteiger partial charge on any atom is -0.318 e. The molecule has 0 spiro atoms. The van der Waals surface area contributed by atoms with Crippen LogP contribution in [-0.2, 0) is 37.8 Å². The zero-order valence-electron chi connectivity index (χ0n) is 40.2. The van der Waals surface area contributed by atoms with Gasteiger partial charge in [-0.2, -0.15) is 18.2 Å². The van der Waals surface area contributed by atoms with Crippen LogP contribution in [0.2, 0.25) is 0 Å². The zero-order valence-corrected chi connectivity index (χ0v) is 35.5. The third-order valence-corrected chi connectivity index (χ3v) is 10.5. The molecule has 294 valence electrons. The standard InChI is InChI=1S/C51H43F2N5.Pt/c1-33-18-20-34(21-19-33)40-13-8-9-14-42(40)57-32-56(43-15-10-11-16-44(43)57)39-28-37(50(5,6)7)27-38(29-39)51(52,53)36-22-23-41-46(30-36)58(45-17-12-25-55-48(41)45)47-31-35(24-26-54-47)49(2,3)4;/h8-28,31H,1-7H3;/q;+2/i1D3,18D,19D,20D,21D;. The Labute approximate surface area is 368 Å². The van der Waals surface area contributed by atoms with E-state index in [1.165, 1.54) is 12.1 Å². The van der Waals surface area contributed by atoms with Crippen molar-refractivity contribution in [3.63, 3.8) is 0 Å². The molecular weight excluding hydrogens is 916 g/mol. The first-order chi connectivity index (χ1) is 30.6. The van der Waals surface area contributed by atoms with Crippen molar-refractivity contribution < 1.29 is 39.4 Å². The Bertz CT molecular complexity index is 3330. The van der Waals surface area contributed by atoms with Gasteiger partial charge in [0.25, 0.3) is 17.3 Å². The van der Waals surface area contributed by atoms with Crippen LogP contribution in [0.3, 0.4) is 0 Å². The van der Waals surface area contributed by atoms with E-state index in [9.17, 15) is 0 Å². The zero-order chi connectivity index (χ0) is 46.5. The number of nitrogens with zero attached hydrogens (tertiary/aromatic N) is 5. The summed E-state index contributed by atoms with van der Waals surface area (Å²) in [7, 11) is 0. The van der Waals surface area contributed by atoms with E-state index in [-0.39, 0.29) is 54.4 Å². The van der Waals surface area contributed by atoms with Crippen molar-refractivity contribution in [1.29, 1.82) is 0 Å². The number of halogens is 2. The summed E-state index contributed by atoms with van der Waals surface area (Å²) in [6, 6.07) is 35.2. The van der Waals surface area contributed by atoms with Crippen LogP contribution in [0.1, 0.15) is 79.0 Å². The Balaban J connectivity index is 0.00000592. The van der Waals surface area contributed by atoms with Crippen molar-refractivity contribution in [2.75, 3.05) is 0 Å². The smallest absolute Gasteiger partial charge is 0.318 e. The van der Waals surface area contributed by atoms with E-state index in [4.69, 9.17) is 9.60 Å². The maximum atomic E-state index is 17.5. The first-order valence-corrected chi connectivity index (χ1v) is 19.0. The first kappa shape index (κ1) is 32.0. The molecule has 5 nitrogen and oxygen atoms in total. The number of fused-ring (bicyclic) bond motifs is 4. The second-order valence-electron chi connectivity index (χ2n) is 16.5. The summed E-state index contributed by atoms with van der Waals surface area (Å²) in [5.74, 6) is -3.05. The number of aromatic nitrogens is 3. The minimum absolute atomic E-state index is 0. The van der Waals surface area contributed by atoms with Crippen LogP contribution < -0.4 is 9.15 Å². The van der Waals surface area contributed by atoms with Crippen LogP contribution in [0, 0.1) is 19.0 Å². The number of alkyl halides is 2. The molecule has 0 bridgehead atoms. The molecular formula is C51H43F2N5Pt+2. The Kier molecular flexibility index (Phi) is 8.01. The van der Waals surface area contributed by atoms with E-state index in [0.29, 0.717) is 50.4 Å². The number of hydrogen-bond donors (Lipinski definition) is 0. The summed E-state index contributed by atoms with van der Waals surface area (Å²) >= 11 is 0. The average molecular weight is 966 g/mol. The molecule has 5 aromatic carbocycles. The van der Waals surface area contributed by atoms with Gasteiger partial charge in [-0.25, -0.2) is 13.8 Å². The molecule has 0 atom stereocenters. The van der Waals surface area contributed by atoms with E-state index >= 15 is 8.78 Å². The third-order valence-electron chi connectivity index (χ3n) is 10.5. The van der Waals surface area contributed by atoms with E-state index in [1.54, 1.807) is 64.0 Å². The summed E-state index contributed by atoms with van der Waals surface area (Å²) < 4.78 is 98.9. The van der Waals surface area contributed by atoms with Crippen LogP contribution in [0.15, 0.2) is 134 Å². The van der Waals surface area contributed by atoms with Gasteiger partial charge >= 0.3 is 27.1 Å². The molecule has 0 fully saturated rings. The molecule has 59 heavy (non-hydrogen) atoms. The monoisotopic (exact) mass is 965 g/mol. The Morgan fingerprint density at radius 1 is 0.695 bits per heavy atom. The quantitative estimate of drug-likeness (QED) is 0.123. The molecule has 1 aliphatic heterocycles. The summed E-state index contributed by atoms with van der Waals surface area (Å²) in [6.07, 6.45) is 3.40. The van der Waals surface area contributed by atoms with Crippen LogP contribution in [0.25, 0.3) is 38.9 Å². The molecule has 0 saturated carbocycles. The summed E-state index contributed by atoms with van der Waals surface area (Å²) in [5.41, 5.74) is 3.20. The summed E-state index contributed by atoms with van der Waals surface area (Å²) in [4.78, 5) is 9.32. The minimum atomic E-state index is -3.61. The maximum Gasteiger partial charge on any atom is 2.00 e. The molecule has 1 aliphatic rings. The van der Waals surface area contributed by atoms with Crippen molar-refractivity contribution in [1.82, 2.24) is 23.7 Å². The van der Waals surface area contributed by atoms with E-state index in [2.05, 4.69) is 48.9 Å². The van der Waals surface area contributed by atoms with Gasteiger partial charge in [0.2, 0.25) is 5.69 Å². The molecule has 0 saturated heterocycles. The molecule has 4 heterocycles. The predicted octanol–water partition coefficient (Wildman–Crippen LogP) is 12.7. The summed E-state index contributed by atoms with van der Waals surface area (Å²) in [6.45, 7) is 9.26. The van der Waals surface area contributed by atoms with Gasteiger partial charge in [-0.15, -0.1) is 11.6 Å². The molecule has 0 aliphatic carbocycles. The van der Waals surface area contributed by atoms with E-state index < -0.39 is 47.9 Å². The Hall–Kier alpha value is -5.87. The summed E-state index contributed by atoms with van der Waals surface area (Å²) in [5, 5.41) is 0.649. The van der Waals surface area contributed by atoms with Gasteiger partial charge in [-0.1, -0.05) is 134 Å². The van der Waals surface area contributed by atoms with E-state index in [0.717, 1.165) is 5.56 Å². The Morgan fingerprint density at radius 2 is 1.39 bits per heavy atom. The van der Waals surface area contributed by atoms with Crippen LogP contribution in [0.4, 0.5) is 31.5 Å². The van der Waals surface area contributed by atoms with Crippen molar-refractivity contribution in [3.05, 3.63) is 174 Å². The normalized spacial score (nSPS) is 14.9. The van der Waals surface area contributed by atoms with Crippen molar-refractivity contribution in [3.8, 4) is 16.9 Å². The van der Waals surface area contributed by atoms with Gasteiger partial charge in [-0.05, 0) is 63.7 Å². The number of rotatable bonds is 6. The van der Waals surface area contributed by atoms with Crippen molar-refractivity contribution >= 4 is 50.7 Å². The SMILES string of the molecule is [2H]c1c([2H])c(C([2H])([2H])[2H])c([2H])c([2H])c1-c1ccccc1[N+]1=C=[N+](c2[c-]c(C(F)(F)c3[c-]c4c(cc3)c3ncccc3n4-c3cc(C(C)(C)C)ccn3)cc(C(C)(C)C)c2)c2ccccc21.[Pt+2]. The number of pyridine rings is 2. The molecule has 8 aromatic rings. The number of hydrogen-bond acceptors (Lipinski definition) is 2. The van der Waals surface area contributed by atoms with Gasteiger partial charge in [-0.3, -0.25) is 4.98 Å². The van der Waals surface area contributed by atoms with Crippen LogP contribution in [-0.4, -0.2) is 20.5 Å². The molecule has 0 unspecified atom stereocenters. The van der Waals surface area contributed by atoms with E-state index in [1.807, 2.05) is 67.8 Å². The molecule has 0 amide bonds. The maximum absolute atomic E-state index is 17.5. The van der Waals surface area contributed by atoms with Gasteiger partial charge < -0.3 is 4.57 Å². The molecule has 0 N–H and O–H groups in total. The van der Waals surface area contributed by atoms with Gasteiger partial charge in [0.05, 0.1) is 16.6 Å². The Morgan fingerprint density at radius 3 is 2.10 bits per heavy atom. The average Bonchev–Trinajstić information content (AvgIpc) is 3.81. The number of para-hydroxylation sites is 3. The van der Waals surface area contributed by atoms with Gasteiger partial charge in [0.15, 0.2) is 0 Å². The number of benzene rings is 5. The molecule has 9 rings (SSSR count). The first-order valence-electron chi connectivity index (χ1n) is 22.5. The second kappa shape index (κ2) is 14.7. The third kappa shape index (κ3) is 7.07. The second-order valence-corrected chi connectivity index (χ2v) is 16.5. The van der Waals surface area contributed by atoms with Gasteiger partial charge in [0, 0.05) is 40.2 Å². The molecule has 3 aromatic heterocycles. The predicted molar refractivity (Wildman–Crippen MR) is 232 cm³/mol.